The lowest BCUT2D eigenvalue weighted by Crippen LogP contribution is -2.47. The highest BCUT2D eigenvalue weighted by Crippen LogP contribution is 2.38. The Balaban J connectivity index is 1.35. The number of nitrogens with zero attached hydrogens (tertiary/aromatic N) is 2. The van der Waals surface area contributed by atoms with Gasteiger partial charge in [-0.15, -0.1) is 0 Å². The maximum Gasteiger partial charge on any atom is 0.243 e. The summed E-state index contributed by atoms with van der Waals surface area (Å²) in [5.74, 6) is -1.04. The fourth-order valence-electron chi connectivity index (χ4n) is 5.59. The molecule has 0 bridgehead atoms. The summed E-state index contributed by atoms with van der Waals surface area (Å²) in [6.07, 6.45) is 6.17. The highest BCUT2D eigenvalue weighted by Gasteiger charge is 2.47. The summed E-state index contributed by atoms with van der Waals surface area (Å²) >= 11 is 0. The van der Waals surface area contributed by atoms with Gasteiger partial charge in [-0.05, 0) is 63.8 Å². The van der Waals surface area contributed by atoms with Crippen molar-refractivity contribution < 1.29 is 22.8 Å². The number of fused-ring (bicyclic) bond motifs is 1. The molecule has 4 unspecified atom stereocenters. The van der Waals surface area contributed by atoms with Crippen LogP contribution in [0, 0.1) is 11.8 Å². The minimum Gasteiger partial charge on any atom is -0.326 e. The molecular weight excluding hydrogens is 442 g/mol. The van der Waals surface area contributed by atoms with Crippen molar-refractivity contribution in [3.05, 3.63) is 24.3 Å². The van der Waals surface area contributed by atoms with E-state index >= 15 is 0 Å². The van der Waals surface area contributed by atoms with Crippen molar-refractivity contribution in [2.75, 3.05) is 11.9 Å². The van der Waals surface area contributed by atoms with E-state index in [0.29, 0.717) is 5.69 Å². The second-order valence-electron chi connectivity index (χ2n) is 9.61. The first-order valence-electron chi connectivity index (χ1n) is 12.0. The highest BCUT2D eigenvalue weighted by atomic mass is 32.2. The summed E-state index contributed by atoms with van der Waals surface area (Å²) in [5, 5.41) is 2.74. The molecule has 0 spiro atoms. The summed E-state index contributed by atoms with van der Waals surface area (Å²) in [7, 11) is -3.61. The van der Waals surface area contributed by atoms with Crippen LogP contribution in [0.15, 0.2) is 29.2 Å². The first-order valence-corrected chi connectivity index (χ1v) is 13.4. The van der Waals surface area contributed by atoms with Gasteiger partial charge in [0.1, 0.15) is 0 Å². The molecule has 4 atom stereocenters. The van der Waals surface area contributed by atoms with E-state index in [2.05, 4.69) is 5.32 Å². The van der Waals surface area contributed by atoms with Crippen LogP contribution in [-0.2, 0) is 24.4 Å². The molecular formula is C24H33N3O5S. The van der Waals surface area contributed by atoms with E-state index in [-0.39, 0.29) is 59.5 Å². The SMILES string of the molecule is CC1CCCC(C)N1S(=O)(=O)c1ccc(NC(=O)CCN2C(=O)C3CCCCC3C2=O)cc1. The van der Waals surface area contributed by atoms with Crippen LogP contribution in [0.25, 0.3) is 0 Å². The number of benzene rings is 1. The Kier molecular flexibility index (Phi) is 6.91. The molecule has 9 heteroatoms. The fourth-order valence-corrected chi connectivity index (χ4v) is 7.47. The quantitative estimate of drug-likeness (QED) is 0.637. The predicted molar refractivity (Wildman–Crippen MR) is 124 cm³/mol. The van der Waals surface area contributed by atoms with Crippen molar-refractivity contribution in [2.45, 2.75) is 82.2 Å². The number of rotatable bonds is 6. The number of imide groups is 1. The van der Waals surface area contributed by atoms with Crippen LogP contribution in [0.4, 0.5) is 5.69 Å². The molecule has 180 valence electrons. The first kappa shape index (κ1) is 23.9. The smallest absolute Gasteiger partial charge is 0.243 e. The fraction of sp³-hybridized carbons (Fsp3) is 0.625. The zero-order chi connectivity index (χ0) is 23.8. The average Bonchev–Trinajstić information content (AvgIpc) is 3.02. The van der Waals surface area contributed by atoms with E-state index in [0.717, 1.165) is 44.9 Å². The minimum atomic E-state index is -3.61. The van der Waals surface area contributed by atoms with E-state index in [1.54, 1.807) is 16.4 Å². The van der Waals surface area contributed by atoms with E-state index < -0.39 is 10.0 Å². The minimum absolute atomic E-state index is 0.0137. The van der Waals surface area contributed by atoms with Crippen LogP contribution in [0.2, 0.25) is 0 Å². The second kappa shape index (κ2) is 9.54. The number of hydrogen-bond donors (Lipinski definition) is 1. The number of anilines is 1. The number of carbonyl (C=O) groups is 3. The zero-order valence-electron chi connectivity index (χ0n) is 19.3. The van der Waals surface area contributed by atoms with E-state index in [1.165, 1.54) is 17.0 Å². The van der Waals surface area contributed by atoms with Crippen LogP contribution in [-0.4, -0.2) is 54.0 Å². The van der Waals surface area contributed by atoms with Crippen molar-refractivity contribution in [3.8, 4) is 0 Å². The Hall–Kier alpha value is -2.26. The third-order valence-corrected chi connectivity index (χ3v) is 9.46. The third-order valence-electron chi connectivity index (χ3n) is 7.32. The molecule has 1 aromatic rings. The van der Waals surface area contributed by atoms with Gasteiger partial charge in [-0.3, -0.25) is 19.3 Å². The maximum atomic E-state index is 13.1. The molecule has 3 aliphatic rings. The van der Waals surface area contributed by atoms with Gasteiger partial charge in [0.25, 0.3) is 0 Å². The standard InChI is InChI=1S/C24H33N3O5S/c1-16-6-5-7-17(2)27(16)33(31,32)19-12-10-18(11-13-19)25-22(28)14-15-26-23(29)20-8-3-4-9-21(20)24(26)30/h10-13,16-17,20-21H,3-9,14-15H2,1-2H3,(H,25,28). The zero-order valence-corrected chi connectivity index (χ0v) is 20.1. The Morgan fingerprint density at radius 2 is 1.45 bits per heavy atom. The first-order chi connectivity index (χ1) is 15.7. The van der Waals surface area contributed by atoms with E-state index in [9.17, 15) is 22.8 Å². The lowest BCUT2D eigenvalue weighted by atomic mass is 9.81. The number of likely N-dealkylation sites (tertiary alicyclic amines) is 1. The van der Waals surface area contributed by atoms with Gasteiger partial charge >= 0.3 is 0 Å². The molecule has 33 heavy (non-hydrogen) atoms. The topological polar surface area (TPSA) is 104 Å². The van der Waals surface area contributed by atoms with Gasteiger partial charge in [0, 0.05) is 30.7 Å². The summed E-state index contributed by atoms with van der Waals surface area (Å²) in [5.41, 5.74) is 0.478. The number of nitrogens with one attached hydrogen (secondary N) is 1. The molecule has 0 aromatic heterocycles. The van der Waals surface area contributed by atoms with Gasteiger partial charge in [0.2, 0.25) is 27.7 Å². The predicted octanol–water partition coefficient (Wildman–Crippen LogP) is 3.14. The largest absolute Gasteiger partial charge is 0.326 e. The van der Waals surface area contributed by atoms with Crippen molar-refractivity contribution in [2.24, 2.45) is 11.8 Å². The Labute approximate surface area is 195 Å². The molecule has 8 nitrogen and oxygen atoms in total. The Morgan fingerprint density at radius 3 is 2.00 bits per heavy atom. The molecule has 3 amide bonds. The normalized spacial score (nSPS) is 28.6. The molecule has 4 rings (SSSR count). The maximum absolute atomic E-state index is 13.1. The van der Waals surface area contributed by atoms with Crippen LogP contribution >= 0.6 is 0 Å². The Bertz CT molecular complexity index is 989. The second-order valence-corrected chi connectivity index (χ2v) is 11.5. The van der Waals surface area contributed by atoms with E-state index in [4.69, 9.17) is 0 Å². The van der Waals surface area contributed by atoms with Crippen LogP contribution in [0.1, 0.15) is 65.2 Å². The van der Waals surface area contributed by atoms with Crippen molar-refractivity contribution in [1.29, 1.82) is 0 Å². The number of carbonyl (C=O) groups excluding carboxylic acids is 3. The molecule has 1 saturated carbocycles. The molecule has 0 radical (unpaired) electrons. The molecule has 1 N–H and O–H groups in total. The lowest BCUT2D eigenvalue weighted by Gasteiger charge is -2.37. The summed E-state index contributed by atoms with van der Waals surface area (Å²) in [6.45, 7) is 3.95. The van der Waals surface area contributed by atoms with Crippen molar-refractivity contribution in [1.82, 2.24) is 9.21 Å². The molecule has 1 aliphatic carbocycles. The number of hydrogen-bond acceptors (Lipinski definition) is 5. The molecule has 1 aromatic carbocycles. The van der Waals surface area contributed by atoms with Gasteiger partial charge in [-0.25, -0.2) is 8.42 Å². The number of sulfonamides is 1. The van der Waals surface area contributed by atoms with Crippen LogP contribution in [0.3, 0.4) is 0 Å². The number of amides is 3. The molecule has 3 fully saturated rings. The van der Waals surface area contributed by atoms with Gasteiger partial charge < -0.3 is 5.32 Å². The monoisotopic (exact) mass is 475 g/mol. The van der Waals surface area contributed by atoms with Crippen LogP contribution in [0.5, 0.6) is 0 Å². The van der Waals surface area contributed by atoms with E-state index in [1.807, 2.05) is 13.8 Å². The number of piperidine rings is 1. The average molecular weight is 476 g/mol. The lowest BCUT2D eigenvalue weighted by molar-refractivity contribution is -0.140. The molecule has 2 aliphatic heterocycles. The van der Waals surface area contributed by atoms with Gasteiger partial charge in [0.15, 0.2) is 0 Å². The van der Waals surface area contributed by atoms with Crippen molar-refractivity contribution in [3.63, 3.8) is 0 Å². The van der Waals surface area contributed by atoms with Gasteiger partial charge in [-0.2, -0.15) is 4.31 Å². The summed E-state index contributed by atoms with van der Waals surface area (Å²) in [6, 6.07) is 6.08. The Morgan fingerprint density at radius 1 is 0.909 bits per heavy atom. The van der Waals surface area contributed by atoms with Gasteiger partial charge in [0.05, 0.1) is 16.7 Å². The van der Waals surface area contributed by atoms with Crippen molar-refractivity contribution >= 4 is 33.4 Å². The summed E-state index contributed by atoms with van der Waals surface area (Å²) in [4.78, 5) is 39.0. The van der Waals surface area contributed by atoms with Gasteiger partial charge in [-0.1, -0.05) is 19.3 Å². The summed E-state index contributed by atoms with van der Waals surface area (Å²) < 4.78 is 27.8. The highest BCUT2D eigenvalue weighted by molar-refractivity contribution is 7.89. The third kappa shape index (κ3) is 4.71. The van der Waals surface area contributed by atoms with Crippen LogP contribution < -0.4 is 5.32 Å². The molecule has 2 heterocycles. The molecule has 2 saturated heterocycles.